The summed E-state index contributed by atoms with van der Waals surface area (Å²) in [5.74, 6) is -0.0450. The van der Waals surface area contributed by atoms with Gasteiger partial charge in [-0.2, -0.15) is 0 Å². The topological polar surface area (TPSA) is 49.4 Å². The van der Waals surface area contributed by atoms with Crippen LogP contribution < -0.4 is 5.32 Å². The molecule has 0 spiro atoms. The van der Waals surface area contributed by atoms with Crippen LogP contribution in [0.4, 0.5) is 0 Å². The van der Waals surface area contributed by atoms with Crippen LogP contribution in [0.15, 0.2) is 12.1 Å². The molecule has 0 radical (unpaired) electrons. The lowest BCUT2D eigenvalue weighted by Crippen LogP contribution is -2.43. The van der Waals surface area contributed by atoms with Gasteiger partial charge in [-0.25, -0.2) is 0 Å². The van der Waals surface area contributed by atoms with Crippen LogP contribution >= 0.6 is 22.9 Å². The highest BCUT2D eigenvalue weighted by Crippen LogP contribution is 2.23. The predicted octanol–water partition coefficient (Wildman–Crippen LogP) is 2.03. The summed E-state index contributed by atoms with van der Waals surface area (Å²) in [4.78, 5) is 26.2. The van der Waals surface area contributed by atoms with Crippen LogP contribution in [0.5, 0.6) is 0 Å². The van der Waals surface area contributed by atoms with Crippen molar-refractivity contribution in [2.75, 3.05) is 6.54 Å². The molecular formula is C12H15ClN2O2S. The Balaban J connectivity index is 1.99. The third kappa shape index (κ3) is 3.03. The van der Waals surface area contributed by atoms with Crippen molar-refractivity contribution in [2.24, 2.45) is 0 Å². The minimum atomic E-state index is -0.354. The first-order chi connectivity index (χ1) is 8.60. The first-order valence-corrected chi connectivity index (χ1v) is 7.12. The van der Waals surface area contributed by atoms with Crippen LogP contribution in [0.2, 0.25) is 4.34 Å². The molecule has 1 aliphatic heterocycles. The molecule has 1 saturated heterocycles. The zero-order chi connectivity index (χ0) is 13.1. The number of hydrogen-bond donors (Lipinski definition) is 1. The van der Waals surface area contributed by atoms with Crippen molar-refractivity contribution in [1.29, 1.82) is 0 Å². The van der Waals surface area contributed by atoms with Gasteiger partial charge in [0.2, 0.25) is 11.8 Å². The third-order valence-electron chi connectivity index (χ3n) is 2.96. The Bertz CT molecular complexity index is 461. The molecule has 1 fully saturated rings. The maximum absolute atomic E-state index is 12.2. The zero-order valence-corrected chi connectivity index (χ0v) is 11.7. The Morgan fingerprint density at radius 2 is 2.39 bits per heavy atom. The number of thiophene rings is 1. The molecule has 0 unspecified atom stereocenters. The monoisotopic (exact) mass is 286 g/mol. The second kappa shape index (κ2) is 5.71. The van der Waals surface area contributed by atoms with Crippen molar-refractivity contribution < 1.29 is 9.59 Å². The summed E-state index contributed by atoms with van der Waals surface area (Å²) < 4.78 is 0.725. The smallest absolute Gasteiger partial charge is 0.245 e. The number of rotatable bonds is 4. The number of carbonyl (C=O) groups is 2. The van der Waals surface area contributed by atoms with Gasteiger partial charge in [-0.1, -0.05) is 11.6 Å². The molecule has 18 heavy (non-hydrogen) atoms. The standard InChI is InChI=1S/C12H15ClN2O2S/c1-2-15(7-8-3-5-10(13)18-8)12(17)9-4-6-11(16)14-9/h3,5,9H,2,4,6-7H2,1H3,(H,14,16)/t9-/m1/s1. The van der Waals surface area contributed by atoms with E-state index in [2.05, 4.69) is 5.32 Å². The van der Waals surface area contributed by atoms with Gasteiger partial charge in [-0.05, 0) is 25.5 Å². The number of nitrogens with zero attached hydrogens (tertiary/aromatic N) is 1. The summed E-state index contributed by atoms with van der Waals surface area (Å²) in [6.45, 7) is 3.11. The largest absolute Gasteiger partial charge is 0.344 e. The molecule has 1 atom stereocenters. The highest BCUT2D eigenvalue weighted by Gasteiger charge is 2.30. The Morgan fingerprint density at radius 3 is 2.89 bits per heavy atom. The minimum Gasteiger partial charge on any atom is -0.344 e. The summed E-state index contributed by atoms with van der Waals surface area (Å²) in [5.41, 5.74) is 0. The normalized spacial score (nSPS) is 18.8. The molecule has 1 aromatic rings. The molecule has 1 N–H and O–H groups in total. The van der Waals surface area contributed by atoms with Gasteiger partial charge in [0.25, 0.3) is 0 Å². The maximum Gasteiger partial charge on any atom is 0.245 e. The average Bonchev–Trinajstić information content (AvgIpc) is 2.94. The van der Waals surface area contributed by atoms with Crippen molar-refractivity contribution in [3.63, 3.8) is 0 Å². The second-order valence-corrected chi connectivity index (χ2v) is 6.02. The lowest BCUT2D eigenvalue weighted by atomic mass is 10.2. The summed E-state index contributed by atoms with van der Waals surface area (Å²) in [7, 11) is 0. The predicted molar refractivity (Wildman–Crippen MR) is 71.6 cm³/mol. The molecule has 2 amide bonds. The number of halogens is 1. The van der Waals surface area contributed by atoms with Gasteiger partial charge in [0.05, 0.1) is 10.9 Å². The lowest BCUT2D eigenvalue weighted by Gasteiger charge is -2.23. The van der Waals surface area contributed by atoms with Crippen LogP contribution in [0.25, 0.3) is 0 Å². The summed E-state index contributed by atoms with van der Waals surface area (Å²) in [6, 6.07) is 3.40. The lowest BCUT2D eigenvalue weighted by molar-refractivity contribution is -0.134. The Kier molecular flexibility index (Phi) is 4.24. The van der Waals surface area contributed by atoms with E-state index >= 15 is 0 Å². The zero-order valence-electron chi connectivity index (χ0n) is 10.1. The van der Waals surface area contributed by atoms with E-state index in [1.165, 1.54) is 11.3 Å². The van der Waals surface area contributed by atoms with Crippen molar-refractivity contribution in [1.82, 2.24) is 10.2 Å². The summed E-state index contributed by atoms with van der Waals surface area (Å²) in [6.07, 6.45) is 1.04. The van der Waals surface area contributed by atoms with Gasteiger partial charge in [-0.15, -0.1) is 11.3 Å². The summed E-state index contributed by atoms with van der Waals surface area (Å²) >= 11 is 7.35. The van der Waals surface area contributed by atoms with Crippen molar-refractivity contribution in [3.05, 3.63) is 21.3 Å². The Morgan fingerprint density at radius 1 is 1.61 bits per heavy atom. The van der Waals surface area contributed by atoms with E-state index in [4.69, 9.17) is 11.6 Å². The molecule has 6 heteroatoms. The first-order valence-electron chi connectivity index (χ1n) is 5.92. The van der Waals surface area contributed by atoms with Crippen molar-refractivity contribution >= 4 is 34.8 Å². The first kappa shape index (κ1) is 13.4. The molecule has 0 saturated carbocycles. The van der Waals surface area contributed by atoms with Crippen LogP contribution in [0.1, 0.15) is 24.6 Å². The van der Waals surface area contributed by atoms with Gasteiger partial charge in [0, 0.05) is 17.8 Å². The molecule has 98 valence electrons. The molecule has 0 bridgehead atoms. The number of amides is 2. The molecule has 0 aromatic carbocycles. The fraction of sp³-hybridized carbons (Fsp3) is 0.500. The molecule has 4 nitrogen and oxygen atoms in total. The van der Waals surface area contributed by atoms with Gasteiger partial charge in [0.1, 0.15) is 6.04 Å². The third-order valence-corrected chi connectivity index (χ3v) is 4.18. The summed E-state index contributed by atoms with van der Waals surface area (Å²) in [5, 5.41) is 2.71. The molecule has 0 aliphatic carbocycles. The van der Waals surface area contributed by atoms with Gasteiger partial charge in [-0.3, -0.25) is 9.59 Å². The number of likely N-dealkylation sites (N-methyl/N-ethyl adjacent to an activating group) is 1. The van der Waals surface area contributed by atoms with Crippen LogP contribution in [0.3, 0.4) is 0 Å². The number of nitrogens with one attached hydrogen (secondary N) is 1. The molecule has 1 aromatic heterocycles. The van der Waals surface area contributed by atoms with Crippen molar-refractivity contribution in [2.45, 2.75) is 32.4 Å². The molecular weight excluding hydrogens is 272 g/mol. The van der Waals surface area contributed by atoms with Crippen LogP contribution in [-0.2, 0) is 16.1 Å². The number of hydrogen-bond acceptors (Lipinski definition) is 3. The molecule has 2 rings (SSSR count). The SMILES string of the molecule is CCN(Cc1ccc(Cl)s1)C(=O)[C@H]1CCC(=O)N1. The Hall–Kier alpha value is -1.07. The van der Waals surface area contributed by atoms with E-state index in [-0.39, 0.29) is 17.9 Å². The molecule has 2 heterocycles. The average molecular weight is 287 g/mol. The highest BCUT2D eigenvalue weighted by atomic mass is 35.5. The van der Waals surface area contributed by atoms with Crippen LogP contribution in [-0.4, -0.2) is 29.3 Å². The van der Waals surface area contributed by atoms with E-state index in [1.54, 1.807) is 4.90 Å². The van der Waals surface area contributed by atoms with E-state index in [1.807, 2.05) is 19.1 Å². The quantitative estimate of drug-likeness (QED) is 0.921. The van der Waals surface area contributed by atoms with Crippen LogP contribution in [0, 0.1) is 0 Å². The fourth-order valence-corrected chi connectivity index (χ4v) is 3.09. The second-order valence-electron chi connectivity index (χ2n) is 4.22. The van der Waals surface area contributed by atoms with E-state index in [0.717, 1.165) is 9.21 Å². The maximum atomic E-state index is 12.2. The van der Waals surface area contributed by atoms with Gasteiger partial charge >= 0.3 is 0 Å². The Labute approximate surface area is 115 Å². The van der Waals surface area contributed by atoms with E-state index in [9.17, 15) is 9.59 Å². The number of carbonyl (C=O) groups excluding carboxylic acids is 2. The van der Waals surface area contributed by atoms with E-state index in [0.29, 0.717) is 25.9 Å². The van der Waals surface area contributed by atoms with Gasteiger partial charge < -0.3 is 10.2 Å². The van der Waals surface area contributed by atoms with E-state index < -0.39 is 0 Å². The molecule has 1 aliphatic rings. The fourth-order valence-electron chi connectivity index (χ4n) is 1.99. The minimum absolute atomic E-state index is 0.00660. The highest BCUT2D eigenvalue weighted by molar-refractivity contribution is 7.16. The van der Waals surface area contributed by atoms with Gasteiger partial charge in [0.15, 0.2) is 0 Å². The van der Waals surface area contributed by atoms with Crippen molar-refractivity contribution in [3.8, 4) is 0 Å².